The number of aliphatic hydroxyl groups excluding tert-OH is 1. The van der Waals surface area contributed by atoms with E-state index in [9.17, 15) is 28.4 Å². The summed E-state index contributed by atoms with van der Waals surface area (Å²) in [4.78, 5) is 21.8. The molecule has 10 nitrogen and oxygen atoms in total. The largest absolute Gasteiger partial charge is 0.465 e. The third kappa shape index (κ3) is 3.80. The van der Waals surface area contributed by atoms with Crippen LogP contribution in [0.2, 0.25) is 0 Å². The van der Waals surface area contributed by atoms with E-state index in [4.69, 9.17) is 5.11 Å². The van der Waals surface area contributed by atoms with Crippen molar-refractivity contribution < 1.29 is 28.3 Å². The number of rotatable bonds is 3. The SMILES string of the molecule is O=C(O)N1CCCN(S(=O)(=O)c2ccccc2[N+](=O)[O-])CC(O)C1. The van der Waals surface area contributed by atoms with Crippen LogP contribution in [0.25, 0.3) is 0 Å². The molecule has 1 amide bonds. The predicted octanol–water partition coefficient (Wildman–Crippen LogP) is 0.330. The van der Waals surface area contributed by atoms with E-state index < -0.39 is 37.7 Å². The van der Waals surface area contributed by atoms with Gasteiger partial charge in [-0.25, -0.2) is 13.2 Å². The summed E-state index contributed by atoms with van der Waals surface area (Å²) < 4.78 is 26.4. The quantitative estimate of drug-likeness (QED) is 0.585. The molecule has 1 aliphatic rings. The van der Waals surface area contributed by atoms with Crippen molar-refractivity contribution in [2.24, 2.45) is 0 Å². The average Bonchev–Trinajstić information content (AvgIpc) is 2.49. The molecular formula is C13H17N3O7S. The van der Waals surface area contributed by atoms with Crippen LogP contribution in [-0.2, 0) is 10.0 Å². The fourth-order valence-electron chi connectivity index (χ4n) is 2.52. The highest BCUT2D eigenvalue weighted by molar-refractivity contribution is 7.89. The van der Waals surface area contributed by atoms with Crippen LogP contribution in [0.4, 0.5) is 10.5 Å². The number of amides is 1. The van der Waals surface area contributed by atoms with E-state index in [1.54, 1.807) is 0 Å². The minimum atomic E-state index is -4.18. The number of nitrogens with zero attached hydrogens (tertiary/aromatic N) is 3. The number of carbonyl (C=O) groups is 1. The van der Waals surface area contributed by atoms with Crippen LogP contribution in [0, 0.1) is 10.1 Å². The average molecular weight is 359 g/mol. The maximum atomic E-state index is 12.7. The number of carboxylic acid groups (broad SMARTS) is 1. The number of para-hydroxylation sites is 1. The number of hydrogen-bond donors (Lipinski definition) is 2. The van der Waals surface area contributed by atoms with Crippen LogP contribution in [-0.4, -0.2) is 71.1 Å². The lowest BCUT2D eigenvalue weighted by Gasteiger charge is -2.31. The molecule has 0 spiro atoms. The Kier molecular flexibility index (Phi) is 5.36. The second kappa shape index (κ2) is 7.11. The highest BCUT2D eigenvalue weighted by Crippen LogP contribution is 2.27. The van der Waals surface area contributed by atoms with Gasteiger partial charge in [-0.1, -0.05) is 12.1 Å². The number of aliphatic hydroxyl groups is 1. The smallest absolute Gasteiger partial charge is 0.407 e. The van der Waals surface area contributed by atoms with Gasteiger partial charge < -0.3 is 15.1 Å². The van der Waals surface area contributed by atoms with Gasteiger partial charge in [-0.2, -0.15) is 4.31 Å². The number of sulfonamides is 1. The summed E-state index contributed by atoms with van der Waals surface area (Å²) in [5.41, 5.74) is -0.541. The normalized spacial score (nSPS) is 20.2. The summed E-state index contributed by atoms with van der Waals surface area (Å²) in [6.45, 7) is -0.541. The van der Waals surface area contributed by atoms with Crippen molar-refractivity contribution in [3.63, 3.8) is 0 Å². The number of benzene rings is 1. The van der Waals surface area contributed by atoms with E-state index in [0.717, 1.165) is 21.3 Å². The molecule has 0 aliphatic carbocycles. The Labute approximate surface area is 138 Å². The summed E-state index contributed by atoms with van der Waals surface area (Å²) >= 11 is 0. The first-order chi connectivity index (χ1) is 11.2. The van der Waals surface area contributed by atoms with Gasteiger partial charge in [-0.3, -0.25) is 10.1 Å². The molecule has 1 aromatic carbocycles. The zero-order valence-electron chi connectivity index (χ0n) is 12.6. The van der Waals surface area contributed by atoms with Gasteiger partial charge in [0.2, 0.25) is 10.0 Å². The van der Waals surface area contributed by atoms with Crippen LogP contribution < -0.4 is 0 Å². The van der Waals surface area contributed by atoms with Crippen molar-refractivity contribution in [2.45, 2.75) is 17.4 Å². The van der Waals surface area contributed by atoms with Gasteiger partial charge in [0, 0.05) is 25.7 Å². The van der Waals surface area contributed by atoms with Gasteiger partial charge in [0.15, 0.2) is 4.90 Å². The fourth-order valence-corrected chi connectivity index (χ4v) is 4.20. The van der Waals surface area contributed by atoms with Gasteiger partial charge >= 0.3 is 6.09 Å². The topological polar surface area (TPSA) is 141 Å². The highest BCUT2D eigenvalue weighted by atomic mass is 32.2. The van der Waals surface area contributed by atoms with Crippen molar-refractivity contribution >= 4 is 21.8 Å². The van der Waals surface area contributed by atoms with Crippen LogP contribution in [0.3, 0.4) is 0 Å². The molecule has 0 saturated carbocycles. The number of β-amino-alcohol motifs (C(OH)–C–C–N with tert-alkyl or cyclic N) is 1. The Hall–Kier alpha value is -2.24. The van der Waals surface area contributed by atoms with Gasteiger partial charge in [-0.15, -0.1) is 0 Å². The van der Waals surface area contributed by atoms with Crippen molar-refractivity contribution in [1.82, 2.24) is 9.21 Å². The maximum absolute atomic E-state index is 12.7. The number of hydrogen-bond acceptors (Lipinski definition) is 6. The molecule has 1 aliphatic heterocycles. The lowest BCUT2D eigenvalue weighted by atomic mass is 10.2. The minimum Gasteiger partial charge on any atom is -0.465 e. The zero-order valence-corrected chi connectivity index (χ0v) is 13.4. The molecular weight excluding hydrogens is 342 g/mol. The molecule has 132 valence electrons. The number of nitro groups is 1. The molecule has 1 fully saturated rings. The van der Waals surface area contributed by atoms with Crippen molar-refractivity contribution in [3.05, 3.63) is 34.4 Å². The lowest BCUT2D eigenvalue weighted by molar-refractivity contribution is -0.387. The molecule has 0 aromatic heterocycles. The Morgan fingerprint density at radius 1 is 1.25 bits per heavy atom. The Morgan fingerprint density at radius 2 is 1.92 bits per heavy atom. The second-order valence-corrected chi connectivity index (χ2v) is 7.23. The summed E-state index contributed by atoms with van der Waals surface area (Å²) in [5.74, 6) is 0. The Morgan fingerprint density at radius 3 is 2.54 bits per heavy atom. The van der Waals surface area contributed by atoms with Gasteiger partial charge in [0.05, 0.1) is 17.6 Å². The molecule has 1 saturated heterocycles. The molecule has 11 heteroatoms. The van der Waals surface area contributed by atoms with Crippen LogP contribution in [0.5, 0.6) is 0 Å². The van der Waals surface area contributed by atoms with Crippen molar-refractivity contribution in [3.8, 4) is 0 Å². The molecule has 1 heterocycles. The standard InChI is InChI=1S/C13H17N3O7S/c17-10-8-14(13(18)19)6-3-7-15(9-10)24(22,23)12-5-2-1-4-11(12)16(20)21/h1-2,4-5,10,17H,3,6-9H2,(H,18,19). The third-order valence-electron chi connectivity index (χ3n) is 3.63. The van der Waals surface area contributed by atoms with Crippen LogP contribution in [0.1, 0.15) is 6.42 Å². The van der Waals surface area contributed by atoms with E-state index in [1.807, 2.05) is 0 Å². The first-order valence-electron chi connectivity index (χ1n) is 7.13. The molecule has 1 aromatic rings. The van der Waals surface area contributed by atoms with Crippen LogP contribution in [0.15, 0.2) is 29.2 Å². The predicted molar refractivity (Wildman–Crippen MR) is 82.1 cm³/mol. The van der Waals surface area contributed by atoms with E-state index in [2.05, 4.69) is 0 Å². The van der Waals surface area contributed by atoms with Gasteiger partial charge in [0.1, 0.15) is 0 Å². The molecule has 0 bridgehead atoms. The summed E-state index contributed by atoms with van der Waals surface area (Å²) in [5, 5.41) is 30.0. The van der Waals surface area contributed by atoms with Crippen molar-refractivity contribution in [2.75, 3.05) is 26.2 Å². The fraction of sp³-hybridized carbons (Fsp3) is 0.462. The van der Waals surface area contributed by atoms with Gasteiger partial charge in [-0.05, 0) is 12.5 Å². The third-order valence-corrected chi connectivity index (χ3v) is 5.54. The molecule has 0 radical (unpaired) electrons. The second-order valence-electron chi connectivity index (χ2n) is 5.32. The monoisotopic (exact) mass is 359 g/mol. The number of nitro benzene ring substituents is 1. The highest BCUT2D eigenvalue weighted by Gasteiger charge is 2.34. The lowest BCUT2D eigenvalue weighted by Crippen LogP contribution is -2.48. The molecule has 1 atom stereocenters. The Bertz CT molecular complexity index is 737. The minimum absolute atomic E-state index is 0.0464. The van der Waals surface area contributed by atoms with Crippen molar-refractivity contribution in [1.29, 1.82) is 0 Å². The van der Waals surface area contributed by atoms with Crippen LogP contribution >= 0.6 is 0 Å². The van der Waals surface area contributed by atoms with E-state index in [1.165, 1.54) is 12.1 Å². The molecule has 2 rings (SSSR count). The maximum Gasteiger partial charge on any atom is 0.407 e. The molecule has 2 N–H and O–H groups in total. The van der Waals surface area contributed by atoms with E-state index >= 15 is 0 Å². The first kappa shape index (κ1) is 18.1. The summed E-state index contributed by atoms with van der Waals surface area (Å²) in [6, 6.07) is 4.98. The zero-order chi connectivity index (χ0) is 17.9. The summed E-state index contributed by atoms with van der Waals surface area (Å²) in [6.07, 6.45) is -2.19. The first-order valence-corrected chi connectivity index (χ1v) is 8.57. The summed E-state index contributed by atoms with van der Waals surface area (Å²) in [7, 11) is -4.18. The van der Waals surface area contributed by atoms with Gasteiger partial charge in [0.25, 0.3) is 5.69 Å². The molecule has 1 unspecified atom stereocenters. The van der Waals surface area contributed by atoms with E-state index in [0.29, 0.717) is 0 Å². The van der Waals surface area contributed by atoms with E-state index in [-0.39, 0.29) is 32.6 Å². The molecule has 24 heavy (non-hydrogen) atoms. The Balaban J connectivity index is 2.30.